The van der Waals surface area contributed by atoms with Crippen molar-refractivity contribution in [1.29, 1.82) is 0 Å². The maximum absolute atomic E-state index is 13.4. The Labute approximate surface area is 90.2 Å². The smallest absolute Gasteiger partial charge is 0.131 e. The maximum Gasteiger partial charge on any atom is 0.131 e. The van der Waals surface area contributed by atoms with Crippen LogP contribution in [0.15, 0.2) is 16.6 Å². The van der Waals surface area contributed by atoms with Gasteiger partial charge in [-0.1, -0.05) is 15.9 Å². The highest BCUT2D eigenvalue weighted by atomic mass is 79.9. The minimum absolute atomic E-state index is 0.301. The molecule has 0 aromatic heterocycles. The molecule has 0 radical (unpaired) electrons. The minimum atomic E-state index is -0.349. The number of methoxy groups -OCH3 is 1. The third kappa shape index (κ3) is 2.54. The number of carbonyl (C=O) groups excluding carboxylic acids is 1. The van der Waals surface area contributed by atoms with Crippen molar-refractivity contribution >= 4 is 22.2 Å². The van der Waals surface area contributed by atoms with Crippen LogP contribution in [0.25, 0.3) is 0 Å². The van der Waals surface area contributed by atoms with Gasteiger partial charge in [-0.25, -0.2) is 4.39 Å². The summed E-state index contributed by atoms with van der Waals surface area (Å²) in [5, 5.41) is 0. The second kappa shape index (κ2) is 5.10. The molecule has 1 rings (SSSR count). The van der Waals surface area contributed by atoms with Gasteiger partial charge in [-0.2, -0.15) is 0 Å². The normalized spacial score (nSPS) is 9.93. The summed E-state index contributed by atoms with van der Waals surface area (Å²) in [6.07, 6.45) is 1.43. The maximum atomic E-state index is 13.4. The number of halogens is 2. The van der Waals surface area contributed by atoms with Crippen molar-refractivity contribution in [3.05, 3.63) is 28.0 Å². The standard InChI is InChI=1S/C10H10BrFO2/c1-14-10-6-7(11)5-9(12)8(10)3-2-4-13/h4-6H,2-3H2,1H3. The Bertz CT molecular complexity index is 339. The lowest BCUT2D eigenvalue weighted by Crippen LogP contribution is -1.97. The number of benzene rings is 1. The van der Waals surface area contributed by atoms with Crippen LogP contribution in [-0.4, -0.2) is 13.4 Å². The summed E-state index contributed by atoms with van der Waals surface area (Å²) in [5.41, 5.74) is 0.447. The third-order valence-electron chi connectivity index (χ3n) is 1.85. The molecule has 1 aromatic carbocycles. The van der Waals surface area contributed by atoms with Crippen LogP contribution in [0.3, 0.4) is 0 Å². The van der Waals surface area contributed by atoms with Gasteiger partial charge in [0.05, 0.1) is 7.11 Å². The van der Waals surface area contributed by atoms with Crippen LogP contribution in [-0.2, 0) is 11.2 Å². The predicted octanol–water partition coefficient (Wildman–Crippen LogP) is 2.73. The molecule has 0 saturated heterocycles. The summed E-state index contributed by atoms with van der Waals surface area (Å²) in [7, 11) is 1.48. The van der Waals surface area contributed by atoms with E-state index in [1.807, 2.05) is 0 Å². The summed E-state index contributed by atoms with van der Waals surface area (Å²) in [6, 6.07) is 3.05. The lowest BCUT2D eigenvalue weighted by molar-refractivity contribution is -0.107. The van der Waals surface area contributed by atoms with Crippen molar-refractivity contribution in [3.63, 3.8) is 0 Å². The topological polar surface area (TPSA) is 26.3 Å². The van der Waals surface area contributed by atoms with Crippen LogP contribution in [0.1, 0.15) is 12.0 Å². The Balaban J connectivity index is 3.04. The average molecular weight is 261 g/mol. The van der Waals surface area contributed by atoms with E-state index in [-0.39, 0.29) is 5.82 Å². The fourth-order valence-corrected chi connectivity index (χ4v) is 1.62. The van der Waals surface area contributed by atoms with E-state index in [9.17, 15) is 9.18 Å². The second-order valence-electron chi connectivity index (χ2n) is 2.77. The van der Waals surface area contributed by atoms with Crippen LogP contribution in [0.5, 0.6) is 5.75 Å². The van der Waals surface area contributed by atoms with Gasteiger partial charge in [0.2, 0.25) is 0 Å². The molecule has 0 aliphatic heterocycles. The number of hydrogen-bond acceptors (Lipinski definition) is 2. The van der Waals surface area contributed by atoms with E-state index >= 15 is 0 Å². The first-order chi connectivity index (χ1) is 6.69. The van der Waals surface area contributed by atoms with Crippen molar-refractivity contribution in [1.82, 2.24) is 0 Å². The van der Waals surface area contributed by atoms with Gasteiger partial charge in [-0.15, -0.1) is 0 Å². The molecular weight excluding hydrogens is 251 g/mol. The molecule has 0 atom stereocenters. The van der Waals surface area contributed by atoms with E-state index in [1.54, 1.807) is 6.07 Å². The van der Waals surface area contributed by atoms with E-state index in [4.69, 9.17) is 4.74 Å². The molecule has 4 heteroatoms. The van der Waals surface area contributed by atoms with Crippen molar-refractivity contribution < 1.29 is 13.9 Å². The Morgan fingerprint density at radius 2 is 2.29 bits per heavy atom. The molecule has 1 aromatic rings. The Morgan fingerprint density at radius 3 is 2.86 bits per heavy atom. The highest BCUT2D eigenvalue weighted by Gasteiger charge is 2.10. The number of hydrogen-bond donors (Lipinski definition) is 0. The van der Waals surface area contributed by atoms with Crippen LogP contribution in [0, 0.1) is 5.82 Å². The molecule has 0 saturated carbocycles. The molecule has 2 nitrogen and oxygen atoms in total. The molecule has 0 N–H and O–H groups in total. The van der Waals surface area contributed by atoms with Crippen LogP contribution in [0.4, 0.5) is 4.39 Å². The number of aldehydes is 1. The molecule has 76 valence electrons. The summed E-state index contributed by atoms with van der Waals surface area (Å²) in [4.78, 5) is 10.2. The molecule has 0 aliphatic carbocycles. The quantitative estimate of drug-likeness (QED) is 0.779. The van der Waals surface area contributed by atoms with Gasteiger partial charge in [0.1, 0.15) is 17.9 Å². The average Bonchev–Trinajstić information content (AvgIpc) is 2.15. The lowest BCUT2D eigenvalue weighted by Gasteiger charge is -2.08. The van der Waals surface area contributed by atoms with E-state index in [1.165, 1.54) is 13.2 Å². The Kier molecular flexibility index (Phi) is 4.07. The summed E-state index contributed by atoms with van der Waals surface area (Å²) < 4.78 is 19.0. The molecule has 0 bridgehead atoms. The van der Waals surface area contributed by atoms with E-state index in [2.05, 4.69) is 15.9 Å². The zero-order valence-electron chi connectivity index (χ0n) is 7.72. The monoisotopic (exact) mass is 260 g/mol. The van der Waals surface area contributed by atoms with E-state index < -0.39 is 0 Å². The first kappa shape index (κ1) is 11.2. The zero-order valence-corrected chi connectivity index (χ0v) is 9.30. The summed E-state index contributed by atoms with van der Waals surface area (Å²) in [5.74, 6) is 0.122. The molecule has 0 amide bonds. The fourth-order valence-electron chi connectivity index (χ4n) is 1.21. The first-order valence-corrected chi connectivity index (χ1v) is 4.94. The molecule has 14 heavy (non-hydrogen) atoms. The second-order valence-corrected chi connectivity index (χ2v) is 3.69. The van der Waals surface area contributed by atoms with Crippen LogP contribution < -0.4 is 4.74 Å². The highest BCUT2D eigenvalue weighted by molar-refractivity contribution is 9.10. The molecule has 0 unspecified atom stereocenters. The van der Waals surface area contributed by atoms with Gasteiger partial charge in [-0.3, -0.25) is 0 Å². The molecule has 0 aliphatic rings. The molecule has 0 heterocycles. The van der Waals surface area contributed by atoms with Gasteiger partial charge in [0, 0.05) is 16.5 Å². The SMILES string of the molecule is COc1cc(Br)cc(F)c1CCC=O. The Morgan fingerprint density at radius 1 is 1.57 bits per heavy atom. The largest absolute Gasteiger partial charge is 0.496 e. The van der Waals surface area contributed by atoms with Crippen molar-refractivity contribution in [2.45, 2.75) is 12.8 Å². The first-order valence-electron chi connectivity index (χ1n) is 4.14. The number of carbonyl (C=O) groups is 1. The van der Waals surface area contributed by atoms with Gasteiger partial charge in [0.25, 0.3) is 0 Å². The molecule has 0 spiro atoms. The van der Waals surface area contributed by atoms with Crippen LogP contribution in [0.2, 0.25) is 0 Å². The van der Waals surface area contributed by atoms with Gasteiger partial charge < -0.3 is 9.53 Å². The highest BCUT2D eigenvalue weighted by Crippen LogP contribution is 2.27. The van der Waals surface area contributed by atoms with Crippen molar-refractivity contribution in [2.75, 3.05) is 7.11 Å². The van der Waals surface area contributed by atoms with Gasteiger partial charge in [-0.05, 0) is 18.6 Å². The zero-order chi connectivity index (χ0) is 10.6. The van der Waals surface area contributed by atoms with E-state index in [0.29, 0.717) is 28.6 Å². The van der Waals surface area contributed by atoms with Crippen molar-refractivity contribution in [3.8, 4) is 5.75 Å². The number of ether oxygens (including phenoxy) is 1. The predicted molar refractivity (Wildman–Crippen MR) is 55.0 cm³/mol. The molecular formula is C10H10BrFO2. The summed E-state index contributed by atoms with van der Waals surface area (Å²) >= 11 is 3.17. The van der Waals surface area contributed by atoms with Gasteiger partial charge >= 0.3 is 0 Å². The van der Waals surface area contributed by atoms with Crippen LogP contribution >= 0.6 is 15.9 Å². The third-order valence-corrected chi connectivity index (χ3v) is 2.31. The Hall–Kier alpha value is -0.900. The summed E-state index contributed by atoms with van der Waals surface area (Å²) in [6.45, 7) is 0. The van der Waals surface area contributed by atoms with Gasteiger partial charge in [0.15, 0.2) is 0 Å². The molecule has 0 fully saturated rings. The minimum Gasteiger partial charge on any atom is -0.496 e. The number of rotatable bonds is 4. The fraction of sp³-hybridized carbons (Fsp3) is 0.300. The van der Waals surface area contributed by atoms with E-state index in [0.717, 1.165) is 6.29 Å². The van der Waals surface area contributed by atoms with Crippen molar-refractivity contribution in [2.24, 2.45) is 0 Å². The lowest BCUT2D eigenvalue weighted by atomic mass is 10.1.